The summed E-state index contributed by atoms with van der Waals surface area (Å²) in [7, 11) is 0. The Morgan fingerprint density at radius 1 is 1.05 bits per heavy atom. The fraction of sp³-hybridized carbons (Fsp3) is 0.143. The standard InChI is InChI=1S/C14H13ClN6O/c15-9-1-3-10(4-2-9)19-13-11-12(17-6-5-16-11)20-14(21-13)18-7-8-22/h1-6,22H,7-8H2,(H2,17,18,19,20,21). The summed E-state index contributed by atoms with van der Waals surface area (Å²) in [4.78, 5) is 17.1. The molecule has 2 heterocycles. The van der Waals surface area contributed by atoms with Gasteiger partial charge < -0.3 is 15.7 Å². The molecular formula is C14H13ClN6O. The first-order valence-corrected chi connectivity index (χ1v) is 7.00. The first-order chi connectivity index (χ1) is 10.8. The van der Waals surface area contributed by atoms with Crippen molar-refractivity contribution in [2.75, 3.05) is 23.8 Å². The summed E-state index contributed by atoms with van der Waals surface area (Å²) in [6, 6.07) is 7.24. The SMILES string of the molecule is OCCNc1nc(Nc2ccc(Cl)cc2)c2nccnc2n1. The number of halogens is 1. The molecular weight excluding hydrogens is 304 g/mol. The van der Waals surface area contributed by atoms with Crippen LogP contribution in [0.1, 0.15) is 0 Å². The second-order valence-electron chi connectivity index (χ2n) is 4.41. The van der Waals surface area contributed by atoms with E-state index < -0.39 is 0 Å². The largest absolute Gasteiger partial charge is 0.395 e. The van der Waals surface area contributed by atoms with Crippen LogP contribution in [0, 0.1) is 0 Å². The monoisotopic (exact) mass is 316 g/mol. The molecule has 1 aromatic carbocycles. The molecule has 7 nitrogen and oxygen atoms in total. The molecule has 22 heavy (non-hydrogen) atoms. The summed E-state index contributed by atoms with van der Waals surface area (Å²) in [6.45, 7) is 0.341. The van der Waals surface area contributed by atoms with E-state index in [1.54, 1.807) is 24.5 Å². The molecule has 0 aliphatic heterocycles. The minimum Gasteiger partial charge on any atom is -0.395 e. The highest BCUT2D eigenvalue weighted by Crippen LogP contribution is 2.23. The van der Waals surface area contributed by atoms with Crippen LogP contribution in [-0.4, -0.2) is 38.2 Å². The number of fused-ring (bicyclic) bond motifs is 1. The van der Waals surface area contributed by atoms with Crippen LogP contribution >= 0.6 is 11.6 Å². The Morgan fingerprint density at radius 3 is 2.59 bits per heavy atom. The van der Waals surface area contributed by atoms with Crippen LogP contribution in [0.15, 0.2) is 36.7 Å². The predicted molar refractivity (Wildman–Crippen MR) is 85.4 cm³/mol. The number of hydrogen-bond acceptors (Lipinski definition) is 7. The first kappa shape index (κ1) is 14.4. The second-order valence-corrected chi connectivity index (χ2v) is 4.84. The molecule has 0 radical (unpaired) electrons. The lowest BCUT2D eigenvalue weighted by atomic mass is 10.3. The van der Waals surface area contributed by atoms with Gasteiger partial charge in [-0.05, 0) is 24.3 Å². The van der Waals surface area contributed by atoms with Crippen LogP contribution in [0.2, 0.25) is 5.02 Å². The summed E-state index contributed by atoms with van der Waals surface area (Å²) >= 11 is 5.88. The van der Waals surface area contributed by atoms with Crippen LogP contribution in [0.5, 0.6) is 0 Å². The van der Waals surface area contributed by atoms with Gasteiger partial charge in [0.2, 0.25) is 5.95 Å². The zero-order chi connectivity index (χ0) is 15.4. The normalized spacial score (nSPS) is 10.6. The van der Waals surface area contributed by atoms with Crippen molar-refractivity contribution < 1.29 is 5.11 Å². The molecule has 0 atom stereocenters. The highest BCUT2D eigenvalue weighted by atomic mass is 35.5. The predicted octanol–water partition coefficient (Wildman–Crippen LogP) is 2.22. The van der Waals surface area contributed by atoms with Crippen LogP contribution in [-0.2, 0) is 0 Å². The zero-order valence-electron chi connectivity index (χ0n) is 11.5. The van der Waals surface area contributed by atoms with Crippen LogP contribution < -0.4 is 10.6 Å². The summed E-state index contributed by atoms with van der Waals surface area (Å²) < 4.78 is 0. The molecule has 0 unspecified atom stereocenters. The van der Waals surface area contributed by atoms with E-state index in [-0.39, 0.29) is 6.61 Å². The Bertz CT molecular complexity index is 780. The van der Waals surface area contributed by atoms with Crippen molar-refractivity contribution in [2.24, 2.45) is 0 Å². The lowest BCUT2D eigenvalue weighted by Gasteiger charge is -2.10. The Hall–Kier alpha value is -2.51. The third-order valence-corrected chi connectivity index (χ3v) is 3.09. The number of nitrogens with zero attached hydrogens (tertiary/aromatic N) is 4. The van der Waals surface area contributed by atoms with Crippen molar-refractivity contribution in [2.45, 2.75) is 0 Å². The zero-order valence-corrected chi connectivity index (χ0v) is 12.2. The van der Waals surface area contributed by atoms with Crippen molar-refractivity contribution in [3.05, 3.63) is 41.7 Å². The molecule has 112 valence electrons. The van der Waals surface area contributed by atoms with Gasteiger partial charge in [0.15, 0.2) is 17.0 Å². The van der Waals surface area contributed by atoms with Crippen LogP contribution in [0.4, 0.5) is 17.5 Å². The Kier molecular flexibility index (Phi) is 4.27. The van der Waals surface area contributed by atoms with Gasteiger partial charge in [0, 0.05) is 29.6 Å². The van der Waals surface area contributed by atoms with Gasteiger partial charge in [-0.3, -0.25) is 0 Å². The van der Waals surface area contributed by atoms with Crippen molar-refractivity contribution in [3.8, 4) is 0 Å². The van der Waals surface area contributed by atoms with Gasteiger partial charge in [-0.2, -0.15) is 9.97 Å². The average Bonchev–Trinajstić information content (AvgIpc) is 2.55. The molecule has 8 heteroatoms. The van der Waals surface area contributed by atoms with Crippen molar-refractivity contribution >= 4 is 40.2 Å². The van der Waals surface area contributed by atoms with Gasteiger partial charge in [0.05, 0.1) is 6.61 Å². The maximum Gasteiger partial charge on any atom is 0.226 e. The molecule has 0 amide bonds. The van der Waals surface area contributed by atoms with Gasteiger partial charge in [-0.15, -0.1) is 0 Å². The summed E-state index contributed by atoms with van der Waals surface area (Å²) in [5.41, 5.74) is 1.85. The topological polar surface area (TPSA) is 95.8 Å². The van der Waals surface area contributed by atoms with Crippen LogP contribution in [0.25, 0.3) is 11.2 Å². The Balaban J connectivity index is 2.00. The number of benzene rings is 1. The van der Waals surface area contributed by atoms with Crippen molar-refractivity contribution in [1.82, 2.24) is 19.9 Å². The first-order valence-electron chi connectivity index (χ1n) is 6.62. The fourth-order valence-electron chi connectivity index (χ4n) is 1.87. The number of nitrogens with one attached hydrogen (secondary N) is 2. The molecule has 0 bridgehead atoms. The summed E-state index contributed by atoms with van der Waals surface area (Å²) in [5, 5.41) is 15.6. The van der Waals surface area contributed by atoms with Crippen LogP contribution in [0.3, 0.4) is 0 Å². The van der Waals surface area contributed by atoms with Gasteiger partial charge in [-0.25, -0.2) is 9.97 Å². The van der Waals surface area contributed by atoms with E-state index >= 15 is 0 Å². The lowest BCUT2D eigenvalue weighted by molar-refractivity contribution is 0.311. The number of rotatable bonds is 5. The summed E-state index contributed by atoms with van der Waals surface area (Å²) in [5.74, 6) is 0.902. The van der Waals surface area contributed by atoms with Gasteiger partial charge in [-0.1, -0.05) is 11.6 Å². The molecule has 0 fully saturated rings. The molecule has 2 aromatic heterocycles. The molecule has 3 rings (SSSR count). The van der Waals surface area contributed by atoms with E-state index in [0.717, 1.165) is 5.69 Å². The molecule has 0 saturated carbocycles. The van der Waals surface area contributed by atoms with E-state index in [4.69, 9.17) is 16.7 Å². The maximum atomic E-state index is 8.90. The second kappa shape index (κ2) is 6.50. The number of hydrogen-bond donors (Lipinski definition) is 3. The minimum atomic E-state index is -0.0121. The molecule has 0 aliphatic carbocycles. The lowest BCUT2D eigenvalue weighted by Crippen LogP contribution is -2.10. The number of aliphatic hydroxyl groups excluding tert-OH is 1. The maximum absolute atomic E-state index is 8.90. The Morgan fingerprint density at radius 2 is 1.82 bits per heavy atom. The summed E-state index contributed by atoms with van der Waals surface area (Å²) in [6.07, 6.45) is 3.15. The molecule has 3 aromatic rings. The van der Waals surface area contributed by atoms with Gasteiger partial charge in [0.25, 0.3) is 0 Å². The highest BCUT2D eigenvalue weighted by molar-refractivity contribution is 6.30. The Labute approximate surface area is 131 Å². The fourth-order valence-corrected chi connectivity index (χ4v) is 1.99. The third-order valence-electron chi connectivity index (χ3n) is 2.83. The van der Waals surface area contributed by atoms with Gasteiger partial charge >= 0.3 is 0 Å². The van der Waals surface area contributed by atoms with E-state index in [1.165, 1.54) is 0 Å². The molecule has 0 spiro atoms. The van der Waals surface area contributed by atoms with Gasteiger partial charge in [0.1, 0.15) is 0 Å². The number of aliphatic hydroxyl groups is 1. The average molecular weight is 317 g/mol. The quantitative estimate of drug-likeness (QED) is 0.664. The van der Waals surface area contributed by atoms with E-state index in [0.29, 0.717) is 34.5 Å². The van der Waals surface area contributed by atoms with Crippen molar-refractivity contribution in [3.63, 3.8) is 0 Å². The highest BCUT2D eigenvalue weighted by Gasteiger charge is 2.10. The third kappa shape index (κ3) is 3.21. The van der Waals surface area contributed by atoms with E-state index in [9.17, 15) is 0 Å². The molecule has 3 N–H and O–H groups in total. The molecule has 0 saturated heterocycles. The number of anilines is 3. The van der Waals surface area contributed by atoms with Crippen molar-refractivity contribution in [1.29, 1.82) is 0 Å². The smallest absolute Gasteiger partial charge is 0.226 e. The van der Waals surface area contributed by atoms with E-state index in [2.05, 4.69) is 30.6 Å². The minimum absolute atomic E-state index is 0.0121. The number of aromatic nitrogens is 4. The molecule has 0 aliphatic rings. The van der Waals surface area contributed by atoms with E-state index in [1.807, 2.05) is 12.1 Å².